The maximum Gasteiger partial charge on any atom is 0.251 e. The Hall–Kier alpha value is -2.29. The van der Waals surface area contributed by atoms with Crippen LogP contribution in [-0.4, -0.2) is 18.5 Å². The molecule has 23 heavy (non-hydrogen) atoms. The minimum Gasteiger partial charge on any atom is -0.380 e. The topological polar surface area (TPSA) is 41.1 Å². The molecular formula is C20H26N2O. The molecule has 2 N–H and O–H groups in total. The smallest absolute Gasteiger partial charge is 0.251 e. The first-order valence-corrected chi connectivity index (χ1v) is 8.14. The summed E-state index contributed by atoms with van der Waals surface area (Å²) in [5, 5.41) is 6.54. The number of amides is 1. The van der Waals surface area contributed by atoms with E-state index in [2.05, 4.69) is 31.4 Å². The fourth-order valence-electron chi connectivity index (χ4n) is 2.39. The molecule has 0 saturated carbocycles. The zero-order chi connectivity index (χ0) is 16.8. The van der Waals surface area contributed by atoms with Crippen molar-refractivity contribution in [3.05, 3.63) is 65.2 Å². The van der Waals surface area contributed by atoms with Crippen LogP contribution in [0, 0.1) is 19.8 Å². The van der Waals surface area contributed by atoms with Crippen LogP contribution in [0.5, 0.6) is 0 Å². The van der Waals surface area contributed by atoms with Gasteiger partial charge in [-0.15, -0.1) is 0 Å². The molecule has 1 amide bonds. The Morgan fingerprint density at radius 3 is 2.30 bits per heavy atom. The van der Waals surface area contributed by atoms with Crippen LogP contribution in [0.15, 0.2) is 48.5 Å². The largest absolute Gasteiger partial charge is 0.380 e. The van der Waals surface area contributed by atoms with Crippen LogP contribution in [0.2, 0.25) is 0 Å². The summed E-state index contributed by atoms with van der Waals surface area (Å²) in [6.07, 6.45) is 0. The quantitative estimate of drug-likeness (QED) is 0.841. The lowest BCUT2D eigenvalue weighted by molar-refractivity contribution is 0.0950. The lowest BCUT2D eigenvalue weighted by Crippen LogP contribution is -2.39. The fraction of sp³-hybridized carbons (Fsp3) is 0.350. The van der Waals surface area contributed by atoms with E-state index in [0.717, 1.165) is 16.8 Å². The number of carbonyl (C=O) groups is 1. The molecule has 2 aromatic rings. The van der Waals surface area contributed by atoms with Crippen LogP contribution in [0.3, 0.4) is 0 Å². The standard InChI is InChI=1S/C20H26N2O/c1-14(2)19(22-18-8-6-5-7-9-18)13-21-20(23)17-11-10-15(3)16(4)12-17/h5-12,14,19,22H,13H2,1-4H3,(H,21,23). The van der Waals surface area contributed by atoms with Crippen molar-refractivity contribution in [1.29, 1.82) is 0 Å². The first-order valence-electron chi connectivity index (χ1n) is 8.14. The van der Waals surface area contributed by atoms with Gasteiger partial charge in [-0.25, -0.2) is 0 Å². The van der Waals surface area contributed by atoms with Crippen LogP contribution in [-0.2, 0) is 0 Å². The summed E-state index contributed by atoms with van der Waals surface area (Å²) in [7, 11) is 0. The molecule has 3 heteroatoms. The van der Waals surface area contributed by atoms with Gasteiger partial charge in [-0.3, -0.25) is 4.79 Å². The molecule has 3 nitrogen and oxygen atoms in total. The average Bonchev–Trinajstić information content (AvgIpc) is 2.54. The molecule has 2 rings (SSSR count). The maximum atomic E-state index is 12.3. The summed E-state index contributed by atoms with van der Waals surface area (Å²) in [4.78, 5) is 12.3. The molecule has 0 aliphatic heterocycles. The second-order valence-corrected chi connectivity index (χ2v) is 6.37. The third kappa shape index (κ3) is 4.85. The van der Waals surface area contributed by atoms with Crippen molar-refractivity contribution in [3.63, 3.8) is 0 Å². The molecule has 0 bridgehead atoms. The number of benzene rings is 2. The third-order valence-corrected chi connectivity index (χ3v) is 4.18. The molecule has 0 radical (unpaired) electrons. The molecule has 0 fully saturated rings. The molecule has 1 atom stereocenters. The number of carbonyl (C=O) groups excluding carboxylic acids is 1. The number of hydrogen-bond donors (Lipinski definition) is 2. The van der Waals surface area contributed by atoms with Crippen LogP contribution in [0.4, 0.5) is 5.69 Å². The lowest BCUT2D eigenvalue weighted by Gasteiger charge is -2.24. The van der Waals surface area contributed by atoms with Gasteiger partial charge in [-0.2, -0.15) is 0 Å². The van der Waals surface area contributed by atoms with Crippen molar-refractivity contribution in [3.8, 4) is 0 Å². The average molecular weight is 310 g/mol. The van der Waals surface area contributed by atoms with E-state index in [0.29, 0.717) is 12.5 Å². The van der Waals surface area contributed by atoms with E-state index in [4.69, 9.17) is 0 Å². The lowest BCUT2D eigenvalue weighted by atomic mass is 10.0. The fourth-order valence-corrected chi connectivity index (χ4v) is 2.39. The minimum atomic E-state index is -0.0198. The Labute approximate surface area is 139 Å². The van der Waals surface area contributed by atoms with Crippen LogP contribution < -0.4 is 10.6 Å². The van der Waals surface area contributed by atoms with Crippen molar-refractivity contribution in [1.82, 2.24) is 5.32 Å². The van der Waals surface area contributed by atoms with Crippen molar-refractivity contribution in [2.45, 2.75) is 33.7 Å². The number of rotatable bonds is 6. The van der Waals surface area contributed by atoms with Gasteiger partial charge in [0.1, 0.15) is 0 Å². The number of aryl methyl sites for hydroxylation is 2. The molecule has 0 aliphatic carbocycles. The molecule has 0 saturated heterocycles. The first-order chi connectivity index (χ1) is 11.0. The van der Waals surface area contributed by atoms with Gasteiger partial charge in [-0.1, -0.05) is 38.1 Å². The van der Waals surface area contributed by atoms with Gasteiger partial charge >= 0.3 is 0 Å². The first kappa shape index (κ1) is 17.1. The monoisotopic (exact) mass is 310 g/mol. The predicted molar refractivity (Wildman–Crippen MR) is 96.9 cm³/mol. The molecule has 122 valence electrons. The Bertz CT molecular complexity index is 650. The van der Waals surface area contributed by atoms with Crippen molar-refractivity contribution >= 4 is 11.6 Å². The normalized spacial score (nSPS) is 12.0. The molecule has 0 spiro atoms. The third-order valence-electron chi connectivity index (χ3n) is 4.18. The van der Waals surface area contributed by atoms with Gasteiger partial charge in [0.15, 0.2) is 0 Å². The van der Waals surface area contributed by atoms with E-state index in [1.165, 1.54) is 5.56 Å². The van der Waals surface area contributed by atoms with E-state index in [9.17, 15) is 4.79 Å². The molecule has 0 aromatic heterocycles. The summed E-state index contributed by atoms with van der Waals surface area (Å²) < 4.78 is 0. The summed E-state index contributed by atoms with van der Waals surface area (Å²) in [5.74, 6) is 0.392. The van der Waals surface area contributed by atoms with Gasteiger partial charge in [-0.05, 0) is 55.2 Å². The second-order valence-electron chi connectivity index (χ2n) is 6.37. The zero-order valence-corrected chi connectivity index (χ0v) is 14.4. The van der Waals surface area contributed by atoms with E-state index >= 15 is 0 Å². The summed E-state index contributed by atoms with van der Waals surface area (Å²) in [6.45, 7) is 8.99. The second kappa shape index (κ2) is 7.82. The van der Waals surface area contributed by atoms with Crippen LogP contribution in [0.25, 0.3) is 0 Å². The van der Waals surface area contributed by atoms with Gasteiger partial charge in [0.2, 0.25) is 0 Å². The summed E-state index contributed by atoms with van der Waals surface area (Å²) in [5.41, 5.74) is 4.13. The Balaban J connectivity index is 1.98. The van der Waals surface area contributed by atoms with Crippen molar-refractivity contribution < 1.29 is 4.79 Å². The molecular weight excluding hydrogens is 284 g/mol. The number of anilines is 1. The maximum absolute atomic E-state index is 12.3. The predicted octanol–water partition coefficient (Wildman–Crippen LogP) is 4.17. The minimum absolute atomic E-state index is 0.0198. The molecule has 2 aromatic carbocycles. The number of para-hydroxylation sites is 1. The molecule has 0 heterocycles. The molecule has 1 unspecified atom stereocenters. The van der Waals surface area contributed by atoms with Gasteiger partial charge < -0.3 is 10.6 Å². The zero-order valence-electron chi connectivity index (χ0n) is 14.4. The SMILES string of the molecule is Cc1ccc(C(=O)NCC(Nc2ccccc2)C(C)C)cc1C. The highest BCUT2D eigenvalue weighted by molar-refractivity contribution is 5.94. The number of nitrogens with one attached hydrogen (secondary N) is 2. The Morgan fingerprint density at radius 1 is 1.00 bits per heavy atom. The van der Waals surface area contributed by atoms with E-state index < -0.39 is 0 Å². The van der Waals surface area contributed by atoms with E-state index in [-0.39, 0.29) is 11.9 Å². The summed E-state index contributed by atoms with van der Waals surface area (Å²) >= 11 is 0. The molecule has 0 aliphatic rings. The Kier molecular flexibility index (Phi) is 5.80. The van der Waals surface area contributed by atoms with Gasteiger partial charge in [0.25, 0.3) is 5.91 Å². The van der Waals surface area contributed by atoms with E-state index in [1.54, 1.807) is 0 Å². The van der Waals surface area contributed by atoms with Gasteiger partial charge in [0, 0.05) is 23.8 Å². The highest BCUT2D eigenvalue weighted by atomic mass is 16.1. The number of hydrogen-bond acceptors (Lipinski definition) is 2. The van der Waals surface area contributed by atoms with Crippen molar-refractivity contribution in [2.75, 3.05) is 11.9 Å². The van der Waals surface area contributed by atoms with E-state index in [1.807, 2.05) is 55.5 Å². The highest BCUT2D eigenvalue weighted by Crippen LogP contribution is 2.13. The van der Waals surface area contributed by atoms with Crippen molar-refractivity contribution in [2.24, 2.45) is 5.92 Å². The highest BCUT2D eigenvalue weighted by Gasteiger charge is 2.15. The Morgan fingerprint density at radius 2 is 1.70 bits per heavy atom. The summed E-state index contributed by atoms with van der Waals surface area (Å²) in [6, 6.07) is 16.1. The van der Waals surface area contributed by atoms with Crippen LogP contribution in [0.1, 0.15) is 35.3 Å². The van der Waals surface area contributed by atoms with Crippen LogP contribution >= 0.6 is 0 Å². The van der Waals surface area contributed by atoms with Gasteiger partial charge in [0.05, 0.1) is 0 Å².